The molecule has 100 valence electrons. The van der Waals surface area contributed by atoms with Crippen molar-refractivity contribution >= 4 is 12.0 Å². The van der Waals surface area contributed by atoms with Gasteiger partial charge in [-0.15, -0.1) is 0 Å². The van der Waals surface area contributed by atoms with Gasteiger partial charge in [0.05, 0.1) is 0 Å². The average molecular weight is 256 g/mol. The van der Waals surface area contributed by atoms with Crippen LogP contribution >= 0.6 is 0 Å². The van der Waals surface area contributed by atoms with E-state index in [2.05, 4.69) is 20.0 Å². The second-order valence-electron chi connectivity index (χ2n) is 4.25. The van der Waals surface area contributed by atoms with E-state index in [1.807, 2.05) is 0 Å². The van der Waals surface area contributed by atoms with Crippen LogP contribution in [0.2, 0.25) is 0 Å². The molecule has 0 bridgehead atoms. The van der Waals surface area contributed by atoms with E-state index in [0.717, 1.165) is 4.90 Å². The van der Waals surface area contributed by atoms with Crippen molar-refractivity contribution < 1.29 is 19.2 Å². The van der Waals surface area contributed by atoms with Gasteiger partial charge >= 0.3 is 12.0 Å². The molecule has 1 heterocycles. The van der Waals surface area contributed by atoms with Gasteiger partial charge in [0, 0.05) is 20.0 Å². The molecule has 1 aromatic heterocycles. The predicted molar refractivity (Wildman–Crippen MR) is 60.9 cm³/mol. The number of rotatable bonds is 5. The van der Waals surface area contributed by atoms with E-state index in [1.165, 1.54) is 27.3 Å². The number of urea groups is 1. The molecule has 2 N–H and O–H groups in total. The summed E-state index contributed by atoms with van der Waals surface area (Å²) in [7, 11) is 1.43. The van der Waals surface area contributed by atoms with Crippen LogP contribution in [-0.2, 0) is 11.2 Å². The number of hydrogen-bond donors (Lipinski definition) is 2. The molecule has 1 aromatic rings. The van der Waals surface area contributed by atoms with Crippen molar-refractivity contribution in [2.45, 2.75) is 25.8 Å². The van der Waals surface area contributed by atoms with Crippen LogP contribution in [0.25, 0.3) is 0 Å². The number of aliphatic carboxylic acids is 1. The van der Waals surface area contributed by atoms with E-state index in [-0.39, 0.29) is 0 Å². The third-order valence-corrected chi connectivity index (χ3v) is 2.70. The van der Waals surface area contributed by atoms with Crippen LogP contribution in [0, 0.1) is 0 Å². The van der Waals surface area contributed by atoms with Crippen molar-refractivity contribution in [3.05, 3.63) is 12.2 Å². The second kappa shape index (κ2) is 5.48. The van der Waals surface area contributed by atoms with E-state index in [0.29, 0.717) is 18.8 Å². The van der Waals surface area contributed by atoms with Gasteiger partial charge in [0.15, 0.2) is 5.82 Å². The third kappa shape index (κ3) is 3.19. The van der Waals surface area contributed by atoms with Crippen LogP contribution in [0.4, 0.5) is 4.79 Å². The summed E-state index contributed by atoms with van der Waals surface area (Å²) in [6.45, 7) is 3.21. The lowest BCUT2D eigenvalue weighted by atomic mass is 10.1. The highest BCUT2D eigenvalue weighted by Gasteiger charge is 2.35. The van der Waals surface area contributed by atoms with Crippen LogP contribution in [-0.4, -0.2) is 51.3 Å². The van der Waals surface area contributed by atoms with Crippen molar-refractivity contribution in [2.24, 2.45) is 0 Å². The van der Waals surface area contributed by atoms with Crippen LogP contribution < -0.4 is 5.32 Å². The van der Waals surface area contributed by atoms with E-state index >= 15 is 0 Å². The zero-order valence-corrected chi connectivity index (χ0v) is 10.5. The number of nitrogens with zero attached hydrogens (tertiary/aromatic N) is 3. The smallest absolute Gasteiger partial charge is 0.329 e. The molecule has 2 amide bonds. The lowest BCUT2D eigenvalue weighted by Crippen LogP contribution is -2.54. The normalized spacial score (nSPS) is 11.1. The average Bonchev–Trinajstić information content (AvgIpc) is 2.80. The Morgan fingerprint density at radius 1 is 1.56 bits per heavy atom. The number of hydrogen-bond acceptors (Lipinski definition) is 5. The summed E-state index contributed by atoms with van der Waals surface area (Å²) in [5.74, 6) is -0.589. The first kappa shape index (κ1) is 13.9. The molecule has 0 radical (unpaired) electrons. The van der Waals surface area contributed by atoms with E-state index in [9.17, 15) is 9.59 Å². The summed E-state index contributed by atoms with van der Waals surface area (Å²) in [5.41, 5.74) is -1.27. The molecule has 1 rings (SSSR count). The Morgan fingerprint density at radius 2 is 2.22 bits per heavy atom. The summed E-state index contributed by atoms with van der Waals surface area (Å²) in [6, 6.07) is -0.467. The fourth-order valence-electron chi connectivity index (χ4n) is 1.10. The van der Waals surface area contributed by atoms with Crippen LogP contribution in [0.3, 0.4) is 0 Å². The minimum atomic E-state index is -1.27. The molecule has 0 saturated heterocycles. The fraction of sp³-hybridized carbons (Fsp3) is 0.600. The maximum absolute atomic E-state index is 11.7. The first-order valence-corrected chi connectivity index (χ1v) is 5.36. The fourth-order valence-corrected chi connectivity index (χ4v) is 1.10. The Labute approximate surface area is 104 Å². The van der Waals surface area contributed by atoms with Gasteiger partial charge in [0.2, 0.25) is 6.39 Å². The van der Waals surface area contributed by atoms with Gasteiger partial charge in [-0.2, -0.15) is 4.98 Å². The van der Waals surface area contributed by atoms with Gasteiger partial charge < -0.3 is 19.8 Å². The lowest BCUT2D eigenvalue weighted by molar-refractivity contribution is -0.146. The monoisotopic (exact) mass is 256 g/mol. The number of aromatic nitrogens is 2. The van der Waals surface area contributed by atoms with Crippen LogP contribution in [0.5, 0.6) is 0 Å². The summed E-state index contributed by atoms with van der Waals surface area (Å²) >= 11 is 0. The highest BCUT2D eigenvalue weighted by molar-refractivity contribution is 5.85. The molecule has 0 fully saturated rings. The van der Waals surface area contributed by atoms with E-state index in [4.69, 9.17) is 5.11 Å². The molecule has 0 aliphatic rings. The second-order valence-corrected chi connectivity index (χ2v) is 4.25. The molecule has 0 aromatic carbocycles. The first-order chi connectivity index (χ1) is 8.35. The first-order valence-electron chi connectivity index (χ1n) is 5.36. The Morgan fingerprint density at radius 3 is 2.72 bits per heavy atom. The molecular formula is C10H16N4O4. The maximum atomic E-state index is 11.7. The zero-order chi connectivity index (χ0) is 13.8. The number of likely N-dealkylation sites (N-methyl/N-ethyl adjacent to an activating group) is 1. The molecule has 0 spiro atoms. The summed E-state index contributed by atoms with van der Waals surface area (Å²) < 4.78 is 4.54. The summed E-state index contributed by atoms with van der Waals surface area (Å²) in [5, 5.41) is 15.2. The molecule has 8 heteroatoms. The van der Waals surface area contributed by atoms with Crippen molar-refractivity contribution in [3.8, 4) is 0 Å². The molecule has 0 unspecified atom stereocenters. The molecule has 0 atom stereocenters. The number of carbonyl (C=O) groups is 2. The topological polar surface area (TPSA) is 109 Å². The number of amides is 2. The Balaban J connectivity index is 2.43. The molecule has 18 heavy (non-hydrogen) atoms. The maximum Gasteiger partial charge on any atom is 0.329 e. The van der Waals surface area contributed by atoms with Gasteiger partial charge in [-0.1, -0.05) is 5.16 Å². The zero-order valence-electron chi connectivity index (χ0n) is 10.5. The number of nitrogens with one attached hydrogen (secondary N) is 1. The van der Waals surface area contributed by atoms with E-state index < -0.39 is 17.5 Å². The third-order valence-electron chi connectivity index (χ3n) is 2.70. The van der Waals surface area contributed by atoms with Crippen molar-refractivity contribution in [2.75, 3.05) is 13.6 Å². The molecule has 0 aliphatic carbocycles. The van der Waals surface area contributed by atoms with Crippen molar-refractivity contribution in [3.63, 3.8) is 0 Å². The van der Waals surface area contributed by atoms with Gasteiger partial charge in [-0.3, -0.25) is 0 Å². The minimum absolute atomic E-state index is 0.304. The molecular weight excluding hydrogens is 240 g/mol. The molecule has 0 saturated carbocycles. The Kier molecular flexibility index (Phi) is 4.24. The molecule has 8 nitrogen and oxygen atoms in total. The van der Waals surface area contributed by atoms with Crippen LogP contribution in [0.15, 0.2) is 10.9 Å². The number of carboxylic acid groups (broad SMARTS) is 1. The Bertz CT molecular complexity index is 416. The summed E-state index contributed by atoms with van der Waals surface area (Å²) in [6.07, 6.45) is 1.63. The quantitative estimate of drug-likeness (QED) is 0.774. The van der Waals surface area contributed by atoms with Gasteiger partial charge in [-0.05, 0) is 13.8 Å². The standard InChI is InChI=1S/C10H16N4O4/c1-10(2,8(15)16)14(3)9(17)11-5-4-7-12-6-18-13-7/h6H,4-5H2,1-3H3,(H,11,17)(H,15,16). The lowest BCUT2D eigenvalue weighted by Gasteiger charge is -2.31. The van der Waals surface area contributed by atoms with Gasteiger partial charge in [0.1, 0.15) is 5.54 Å². The largest absolute Gasteiger partial charge is 0.480 e. The highest BCUT2D eigenvalue weighted by atomic mass is 16.5. The number of carboxylic acids is 1. The number of carbonyl (C=O) groups excluding carboxylic acids is 1. The highest BCUT2D eigenvalue weighted by Crippen LogP contribution is 2.12. The SMILES string of the molecule is CN(C(=O)NCCc1ncon1)C(C)(C)C(=O)O. The summed E-state index contributed by atoms with van der Waals surface area (Å²) in [4.78, 5) is 27.6. The molecule has 0 aliphatic heterocycles. The minimum Gasteiger partial charge on any atom is -0.480 e. The van der Waals surface area contributed by atoms with Gasteiger partial charge in [0.25, 0.3) is 0 Å². The van der Waals surface area contributed by atoms with Crippen molar-refractivity contribution in [1.29, 1.82) is 0 Å². The van der Waals surface area contributed by atoms with Crippen molar-refractivity contribution in [1.82, 2.24) is 20.4 Å². The predicted octanol–water partition coefficient (Wildman–Crippen LogP) is 0.117. The van der Waals surface area contributed by atoms with E-state index in [1.54, 1.807) is 0 Å². The Hall–Kier alpha value is -2.12. The van der Waals surface area contributed by atoms with Crippen LogP contribution in [0.1, 0.15) is 19.7 Å². The van der Waals surface area contributed by atoms with Gasteiger partial charge in [-0.25, -0.2) is 9.59 Å².